The van der Waals surface area contributed by atoms with Crippen LogP contribution in [0.5, 0.6) is 0 Å². The second-order valence-corrected chi connectivity index (χ2v) is 23.4. The maximum atomic E-state index is 4.33. The van der Waals surface area contributed by atoms with E-state index < -0.39 is 0 Å². The van der Waals surface area contributed by atoms with Gasteiger partial charge in [0.1, 0.15) is 24.2 Å². The van der Waals surface area contributed by atoms with Gasteiger partial charge in [-0.05, 0) is 48.1 Å². The van der Waals surface area contributed by atoms with Crippen molar-refractivity contribution in [1.82, 2.24) is 58.6 Å². The van der Waals surface area contributed by atoms with E-state index in [1.165, 1.54) is 5.71 Å². The van der Waals surface area contributed by atoms with Crippen molar-refractivity contribution in [2.24, 2.45) is 87.6 Å². The minimum atomic E-state index is 0. The molecule has 11 N–H and O–H groups in total. The smallest absolute Gasteiger partial charge is 0.173 e. The minimum Gasteiger partial charge on any atom is -0.374 e. The van der Waals surface area contributed by atoms with Gasteiger partial charge in [0.05, 0.1) is 24.9 Å². The van der Waals surface area contributed by atoms with E-state index >= 15 is 0 Å². The molecule has 0 unspecified atom stereocenters. The third kappa shape index (κ3) is 59.8. The van der Waals surface area contributed by atoms with Gasteiger partial charge in [0, 0.05) is 120 Å². The van der Waals surface area contributed by atoms with Gasteiger partial charge >= 0.3 is 0 Å². The molecule has 0 atom stereocenters. The average Bonchev–Trinajstić information content (AvgIpc) is 4.00. The van der Waals surface area contributed by atoms with Crippen LogP contribution in [0.15, 0.2) is 225 Å². The van der Waals surface area contributed by atoms with Crippen LogP contribution in [0.3, 0.4) is 0 Å². The first-order chi connectivity index (χ1) is 40.8. The molecule has 0 aliphatic carbocycles. The monoisotopic (exact) mass is 1250 g/mol. The van der Waals surface area contributed by atoms with Gasteiger partial charge < -0.3 is 53.2 Å². The summed E-state index contributed by atoms with van der Waals surface area (Å²) < 4.78 is 0. The lowest BCUT2D eigenvalue weighted by Gasteiger charge is -2.20. The van der Waals surface area contributed by atoms with Gasteiger partial charge in [0.15, 0.2) is 11.7 Å². The van der Waals surface area contributed by atoms with E-state index in [4.69, 9.17) is 0 Å². The van der Waals surface area contributed by atoms with E-state index in [1.54, 1.807) is 31.0 Å². The van der Waals surface area contributed by atoms with Crippen LogP contribution in [0, 0.1) is 47.3 Å². The van der Waals surface area contributed by atoms with Crippen molar-refractivity contribution >= 4 is 35.3 Å². The number of amidine groups is 4. The van der Waals surface area contributed by atoms with Gasteiger partial charge in [0.2, 0.25) is 0 Å². The Hall–Kier alpha value is -8.48. The Kier molecular flexibility index (Phi) is 58.7. The Balaban J connectivity index is -0.000000218. The van der Waals surface area contributed by atoms with Gasteiger partial charge in [-0.25, -0.2) is 4.99 Å². The van der Waals surface area contributed by atoms with Crippen molar-refractivity contribution in [3.05, 3.63) is 185 Å². The maximum absolute atomic E-state index is 4.33. The molecule has 8 aliphatic heterocycles. The second kappa shape index (κ2) is 57.0. The van der Waals surface area contributed by atoms with Crippen LogP contribution < -0.4 is 58.6 Å². The normalized spacial score (nSPS) is 15.9. The molecule has 8 aliphatic rings. The number of hydrogen-bond donors (Lipinski definition) is 11. The summed E-state index contributed by atoms with van der Waals surface area (Å²) in [7, 11) is 0. The highest BCUT2D eigenvalue weighted by Gasteiger charge is 2.11. The van der Waals surface area contributed by atoms with Crippen LogP contribution in [-0.4, -0.2) is 55.2 Å². The summed E-state index contributed by atoms with van der Waals surface area (Å²) in [5.74, 6) is 10.5. The summed E-state index contributed by atoms with van der Waals surface area (Å²) in [6, 6.07) is 0. The molecule has 8 rings (SSSR count). The molecule has 0 aromatic heterocycles. The third-order valence-electron chi connectivity index (χ3n) is 9.51. The Morgan fingerprint density at radius 2 is 1.00 bits per heavy atom. The molecule has 0 bridgehead atoms. The van der Waals surface area contributed by atoms with E-state index in [0.717, 1.165) is 107 Å². The van der Waals surface area contributed by atoms with E-state index in [0.29, 0.717) is 47.9 Å². The predicted octanol–water partition coefficient (Wildman–Crippen LogP) is 16.4. The number of azo groups is 1. The summed E-state index contributed by atoms with van der Waals surface area (Å²) in [4.78, 5) is 20.9. The fourth-order valence-electron chi connectivity index (χ4n) is 5.38. The number of nitrogens with one attached hydrogen (secondary N) is 11. The lowest BCUT2D eigenvalue weighted by Crippen LogP contribution is -2.39. The Morgan fingerprint density at radius 3 is 1.40 bits per heavy atom. The molecule has 0 aromatic rings. The first kappa shape index (κ1) is 92.7. The first-order valence-electron chi connectivity index (χ1n) is 30.0. The standard InChI is InChI=1S/3C9H14N2.C7H13N3.C6H10N4.C6H8N2.C5H6N2.C5H8N2.3C4H10.3CH4/c1-7(2)9-6-8(3)10-4-5-11-9;2*1-7(2)9-10-6-4-5-8(3)11-9;1-5(2)7-9-4-8-6(3)10-7;1-4(2)6-9-7-5(3)8-10-6;1-5-3-4-7-6(2)8-5;1-5-4-6-2-3-7-5;1-5-2-3-6-4-7-5;3*1-4(2)3;;;/h4-5,7,10H,3,6H2,1-2H3;4,6-7H,3,5H2,1-2H3,(H,10,11);4-5,7H,3,6H2,1-2H3,(H,10,11);5,8H,3-4H2,1-2H3,(H,9,10);4,7H,3H2,1-2H3;3-4,7-8H,1-2H2;2-4,7H,1H2;2-3,6-7H,1,4H2;3*4H,1-3H3;3*1H4. The molecule has 508 valence electrons. The predicted molar refractivity (Wildman–Crippen MR) is 402 cm³/mol. The Bertz CT molecular complexity index is 2470. The van der Waals surface area contributed by atoms with Crippen LogP contribution in [0.25, 0.3) is 0 Å². The Morgan fingerprint density at radius 1 is 0.444 bits per heavy atom. The highest BCUT2D eigenvalue weighted by Crippen LogP contribution is 2.10. The lowest BCUT2D eigenvalue weighted by atomic mass is 10.0. The zero-order chi connectivity index (χ0) is 66.9. The number of hydrogen-bond acceptors (Lipinski definition) is 19. The van der Waals surface area contributed by atoms with E-state index in [9.17, 15) is 0 Å². The van der Waals surface area contributed by atoms with Crippen molar-refractivity contribution in [2.75, 3.05) is 19.9 Å². The molecule has 19 heteroatoms. The van der Waals surface area contributed by atoms with Gasteiger partial charge in [-0.2, -0.15) is 5.10 Å². The average molecular weight is 1250 g/mol. The maximum Gasteiger partial charge on any atom is 0.173 e. The summed E-state index contributed by atoms with van der Waals surface area (Å²) in [6.07, 6.45) is 25.6. The van der Waals surface area contributed by atoms with Crippen LogP contribution >= 0.6 is 0 Å². The van der Waals surface area contributed by atoms with Crippen molar-refractivity contribution in [2.45, 2.75) is 167 Å². The van der Waals surface area contributed by atoms with Gasteiger partial charge in [-0.15, -0.1) is 10.2 Å². The molecule has 90 heavy (non-hydrogen) atoms. The van der Waals surface area contributed by atoms with Gasteiger partial charge in [-0.3, -0.25) is 25.4 Å². The summed E-state index contributed by atoms with van der Waals surface area (Å²) in [6.45, 7) is 76.1. The molecular weight excluding hydrogens is 1120 g/mol. The van der Waals surface area contributed by atoms with Crippen LogP contribution in [0.4, 0.5) is 0 Å². The van der Waals surface area contributed by atoms with Crippen LogP contribution in [-0.2, 0) is 0 Å². The fraction of sp³-hybridized carbons (Fsp3) is 0.493. The lowest BCUT2D eigenvalue weighted by molar-refractivity contribution is 0.702. The summed E-state index contributed by atoms with van der Waals surface area (Å²) in [5, 5.41) is 41.4. The Labute approximate surface area is 550 Å². The number of nitrogens with zero attached hydrogens (tertiary/aromatic N) is 8. The number of aliphatic imine (C=N–C) groups is 5. The minimum absolute atomic E-state index is 0. The fourth-order valence-corrected chi connectivity index (χ4v) is 5.38. The molecule has 0 amide bonds. The van der Waals surface area contributed by atoms with Gasteiger partial charge in [0.25, 0.3) is 0 Å². The van der Waals surface area contributed by atoms with E-state index in [1.807, 2.05) is 62.8 Å². The van der Waals surface area contributed by atoms with Crippen molar-refractivity contribution in [3.63, 3.8) is 0 Å². The highest BCUT2D eigenvalue weighted by atomic mass is 15.4. The molecule has 19 nitrogen and oxygen atoms in total. The van der Waals surface area contributed by atoms with E-state index in [-0.39, 0.29) is 22.3 Å². The van der Waals surface area contributed by atoms with Gasteiger partial charge in [-0.1, -0.05) is 225 Å². The molecule has 0 radical (unpaired) electrons. The van der Waals surface area contributed by atoms with Crippen LogP contribution in [0.2, 0.25) is 0 Å². The quantitative estimate of drug-likeness (QED) is 0.124. The van der Waals surface area contributed by atoms with Crippen molar-refractivity contribution < 1.29 is 0 Å². The third-order valence-corrected chi connectivity index (χ3v) is 9.51. The topological polar surface area (TPSA) is 231 Å². The largest absolute Gasteiger partial charge is 0.374 e. The zero-order valence-corrected chi connectivity index (χ0v) is 57.1. The SMILES string of the molecule is C.C.C.C=C1C=CCN=C(C(C)C)N1.C=C1C=CNC(=C)N1.C=C1C=CNCN1.C=C1C=NC=CN1.C=C1CC(C(C)C)=NC=CN1.C=C1CC=CN=C(C(C)C)N1.C=C1N=NC(C(C)C)=NN1.C=C1NCN=C(C(C)C)N1.CC(C)C.CC(C)C.CC(C)C. The number of allylic oxidation sites excluding steroid dienone is 6. The number of hydrazone groups is 1. The second-order valence-electron chi connectivity index (χ2n) is 23.4. The molecule has 8 heterocycles. The highest BCUT2D eigenvalue weighted by molar-refractivity contribution is 5.89. The molecule has 0 spiro atoms. The molecule has 0 saturated carbocycles. The zero-order valence-electron chi connectivity index (χ0n) is 57.1. The first-order valence-corrected chi connectivity index (χ1v) is 30.0. The molecule has 0 aromatic carbocycles. The van der Waals surface area contributed by atoms with E-state index in [2.05, 4.69) is 276 Å². The summed E-state index contributed by atoms with van der Waals surface area (Å²) in [5.41, 5.74) is 9.48. The van der Waals surface area contributed by atoms with Crippen LogP contribution in [0.1, 0.15) is 167 Å². The molecule has 0 saturated heterocycles. The van der Waals surface area contributed by atoms with Crippen molar-refractivity contribution in [3.8, 4) is 0 Å². The molecule has 0 fully saturated rings. The molecular formula is C71H129N19. The summed E-state index contributed by atoms with van der Waals surface area (Å²) >= 11 is 0. The number of rotatable bonds is 5. The van der Waals surface area contributed by atoms with Crippen molar-refractivity contribution in [1.29, 1.82) is 0 Å².